The zero-order valence-electron chi connectivity index (χ0n) is 35.8. The third kappa shape index (κ3) is 9.25. The predicted octanol–water partition coefficient (Wildman–Crippen LogP) is 14.1. The highest BCUT2D eigenvalue weighted by Gasteiger charge is 2.21. The molecule has 1 aliphatic rings. The third-order valence-electron chi connectivity index (χ3n) is 10.7. The van der Waals surface area contributed by atoms with Gasteiger partial charge in [-0.2, -0.15) is 0 Å². The van der Waals surface area contributed by atoms with Gasteiger partial charge >= 0.3 is 0 Å². The zero-order chi connectivity index (χ0) is 41.8. The largest absolute Gasteiger partial charge is 0.360 e. The number of rotatable bonds is 8. The van der Waals surface area contributed by atoms with Crippen molar-refractivity contribution in [2.24, 2.45) is 4.99 Å². The Labute approximate surface area is 356 Å². The highest BCUT2D eigenvalue weighted by molar-refractivity contribution is 6.14. The molecular formula is C56H56N4. The fourth-order valence-corrected chi connectivity index (χ4v) is 7.70. The van der Waals surface area contributed by atoms with E-state index in [1.807, 2.05) is 26.1 Å². The molecule has 0 saturated heterocycles. The molecule has 1 atom stereocenters. The molecule has 1 unspecified atom stereocenters. The molecule has 4 heteroatoms. The molecule has 2 N–H and O–H groups in total. The van der Waals surface area contributed by atoms with Gasteiger partial charge < -0.3 is 15.2 Å². The van der Waals surface area contributed by atoms with Gasteiger partial charge in [-0.25, -0.2) is 0 Å². The van der Waals surface area contributed by atoms with Crippen molar-refractivity contribution in [2.75, 3.05) is 13.6 Å². The van der Waals surface area contributed by atoms with E-state index in [1.54, 1.807) is 0 Å². The lowest BCUT2D eigenvalue weighted by Gasteiger charge is -2.25. The number of aliphatic imine (C=N–C) groups is 1. The van der Waals surface area contributed by atoms with Crippen molar-refractivity contribution in [2.45, 2.75) is 47.2 Å². The van der Waals surface area contributed by atoms with Gasteiger partial charge in [0.15, 0.2) is 0 Å². The number of aryl methyl sites for hydroxylation is 2. The van der Waals surface area contributed by atoms with Crippen LogP contribution < -0.4 is 10.6 Å². The molecule has 2 heterocycles. The SMILES string of the molecule is C/C=C\CNC.CCC.Cc1ccccc1-c1cc(-c2ccc3c4ccccc4n(-c4cccc(C5=NC(c6ccccc6)NC(c6ccccc6)=C5)c4)c3c2)ccc1C. The van der Waals surface area contributed by atoms with Crippen molar-refractivity contribution in [3.8, 4) is 27.9 Å². The molecule has 0 amide bonds. The van der Waals surface area contributed by atoms with E-state index in [-0.39, 0.29) is 6.17 Å². The van der Waals surface area contributed by atoms with Crippen LogP contribution in [0.3, 0.4) is 0 Å². The van der Waals surface area contributed by atoms with Crippen molar-refractivity contribution in [1.29, 1.82) is 0 Å². The number of allylic oxidation sites excluding steroid dienone is 2. The van der Waals surface area contributed by atoms with Crippen LogP contribution in [0.5, 0.6) is 0 Å². The summed E-state index contributed by atoms with van der Waals surface area (Å²) in [7, 11) is 1.93. The number of hydrogen-bond acceptors (Lipinski definition) is 3. The van der Waals surface area contributed by atoms with Crippen LogP contribution in [0.15, 0.2) is 193 Å². The second-order valence-electron chi connectivity index (χ2n) is 15.2. The van der Waals surface area contributed by atoms with E-state index < -0.39 is 0 Å². The van der Waals surface area contributed by atoms with Crippen LogP contribution in [-0.2, 0) is 0 Å². The summed E-state index contributed by atoms with van der Waals surface area (Å²) in [6.45, 7) is 11.6. The quantitative estimate of drug-likeness (QED) is 0.151. The molecule has 7 aromatic carbocycles. The van der Waals surface area contributed by atoms with Crippen LogP contribution in [0.25, 0.3) is 55.4 Å². The van der Waals surface area contributed by atoms with E-state index in [1.165, 1.54) is 61.6 Å². The highest BCUT2D eigenvalue weighted by Crippen LogP contribution is 2.37. The van der Waals surface area contributed by atoms with Gasteiger partial charge in [0, 0.05) is 34.3 Å². The Morgan fingerprint density at radius 2 is 1.23 bits per heavy atom. The Morgan fingerprint density at radius 3 is 1.97 bits per heavy atom. The lowest BCUT2D eigenvalue weighted by molar-refractivity contribution is 0.664. The first-order chi connectivity index (χ1) is 29.4. The molecule has 8 aromatic rings. The number of para-hydroxylation sites is 1. The molecule has 1 aromatic heterocycles. The van der Waals surface area contributed by atoms with Gasteiger partial charge in [0.2, 0.25) is 0 Å². The van der Waals surface area contributed by atoms with E-state index >= 15 is 0 Å². The van der Waals surface area contributed by atoms with Crippen molar-refractivity contribution in [3.63, 3.8) is 0 Å². The minimum absolute atomic E-state index is 0.195. The summed E-state index contributed by atoms with van der Waals surface area (Å²) in [6.07, 6.45) is 7.33. The van der Waals surface area contributed by atoms with Crippen LogP contribution >= 0.6 is 0 Å². The third-order valence-corrected chi connectivity index (χ3v) is 10.7. The molecule has 0 radical (unpaired) electrons. The normalized spacial score (nSPS) is 13.5. The summed E-state index contributed by atoms with van der Waals surface area (Å²) in [5.74, 6) is 0. The van der Waals surface area contributed by atoms with E-state index in [0.29, 0.717) is 0 Å². The Bertz CT molecular complexity index is 2770. The minimum atomic E-state index is -0.195. The number of likely N-dealkylation sites (N-methyl/N-ethyl adjacent to an activating group) is 1. The first kappa shape index (κ1) is 41.4. The van der Waals surface area contributed by atoms with E-state index in [9.17, 15) is 0 Å². The van der Waals surface area contributed by atoms with Crippen molar-refractivity contribution < 1.29 is 0 Å². The predicted molar refractivity (Wildman–Crippen MR) is 259 cm³/mol. The number of aromatic nitrogens is 1. The molecule has 0 aliphatic carbocycles. The van der Waals surface area contributed by atoms with Gasteiger partial charge in [-0.15, -0.1) is 0 Å². The molecule has 300 valence electrons. The molecular weight excluding hydrogens is 729 g/mol. The van der Waals surface area contributed by atoms with Gasteiger partial charge in [-0.1, -0.05) is 172 Å². The van der Waals surface area contributed by atoms with Crippen LogP contribution in [0.4, 0.5) is 0 Å². The van der Waals surface area contributed by atoms with Crippen LogP contribution in [0.2, 0.25) is 0 Å². The Morgan fingerprint density at radius 1 is 0.600 bits per heavy atom. The van der Waals surface area contributed by atoms with Gasteiger partial charge in [0.25, 0.3) is 0 Å². The van der Waals surface area contributed by atoms with E-state index in [0.717, 1.165) is 40.3 Å². The topological polar surface area (TPSA) is 41.4 Å². The van der Waals surface area contributed by atoms with Gasteiger partial charge in [0.05, 0.1) is 16.7 Å². The van der Waals surface area contributed by atoms with Crippen molar-refractivity contribution in [1.82, 2.24) is 15.2 Å². The smallest absolute Gasteiger partial charge is 0.145 e. The first-order valence-electron chi connectivity index (χ1n) is 21.2. The number of benzene rings is 7. The minimum Gasteiger partial charge on any atom is -0.360 e. The lowest BCUT2D eigenvalue weighted by Crippen LogP contribution is -2.24. The second-order valence-corrected chi connectivity index (χ2v) is 15.2. The van der Waals surface area contributed by atoms with Crippen LogP contribution in [0.1, 0.15) is 61.2 Å². The summed E-state index contributed by atoms with van der Waals surface area (Å²) in [6, 6.07) is 60.9. The van der Waals surface area contributed by atoms with E-state index in [4.69, 9.17) is 4.99 Å². The molecule has 4 nitrogen and oxygen atoms in total. The molecule has 9 rings (SSSR count). The molecule has 1 aliphatic heterocycles. The highest BCUT2D eigenvalue weighted by atomic mass is 15.1. The Balaban J connectivity index is 0.000000551. The average molecular weight is 785 g/mol. The second kappa shape index (κ2) is 19.8. The summed E-state index contributed by atoms with van der Waals surface area (Å²) in [5, 5.41) is 9.15. The zero-order valence-corrected chi connectivity index (χ0v) is 35.8. The monoisotopic (exact) mass is 784 g/mol. The first-order valence-corrected chi connectivity index (χ1v) is 21.2. The van der Waals surface area contributed by atoms with Gasteiger partial charge in [0.1, 0.15) is 6.17 Å². The lowest BCUT2D eigenvalue weighted by atomic mass is 9.92. The number of nitrogens with one attached hydrogen (secondary N) is 2. The van der Waals surface area contributed by atoms with Crippen molar-refractivity contribution in [3.05, 3.63) is 216 Å². The standard InChI is InChI=1S/C48H37N3.C5H11N.C3H8/c1-32-14-9-10-21-40(32)43-29-36(25-24-33(43)2)37-26-27-42-41-22-11-12-23-46(41)51(47(42)30-37)39-20-13-19-38(28-39)45-31-44(34-15-5-3-6-16-34)49-48(50-45)35-17-7-4-8-18-35;1-3-4-5-6-2;1-3-2/h3-31,48-49H,1-2H3;3-4,6H,5H2,1-2H3;3H2,1-2H3/b;4-3-;. The number of fused-ring (bicyclic) bond motifs is 3. The van der Waals surface area contributed by atoms with E-state index in [2.05, 4.69) is 219 Å². The number of hydrogen-bond donors (Lipinski definition) is 2. The molecule has 0 spiro atoms. The molecule has 0 fully saturated rings. The summed E-state index contributed by atoms with van der Waals surface area (Å²) >= 11 is 0. The van der Waals surface area contributed by atoms with Gasteiger partial charge in [-0.05, 0) is 109 Å². The van der Waals surface area contributed by atoms with Crippen molar-refractivity contribution >= 4 is 33.2 Å². The Hall–Kier alpha value is -6.75. The van der Waals surface area contributed by atoms with Crippen LogP contribution in [0, 0.1) is 13.8 Å². The molecule has 0 bridgehead atoms. The fraction of sp³-hybridized carbons (Fsp3) is 0.161. The average Bonchev–Trinajstić information content (AvgIpc) is 3.63. The summed E-state index contributed by atoms with van der Waals surface area (Å²) in [5.41, 5.74) is 16.3. The van der Waals surface area contributed by atoms with Gasteiger partial charge in [-0.3, -0.25) is 4.99 Å². The molecule has 0 saturated carbocycles. The maximum Gasteiger partial charge on any atom is 0.145 e. The maximum absolute atomic E-state index is 5.27. The fourth-order valence-electron chi connectivity index (χ4n) is 7.70. The summed E-state index contributed by atoms with van der Waals surface area (Å²) in [4.78, 5) is 5.27. The Kier molecular flexibility index (Phi) is 13.7. The molecule has 60 heavy (non-hydrogen) atoms. The summed E-state index contributed by atoms with van der Waals surface area (Å²) < 4.78 is 2.41. The number of nitrogens with zero attached hydrogens (tertiary/aromatic N) is 2. The maximum atomic E-state index is 5.27. The van der Waals surface area contributed by atoms with Crippen LogP contribution in [-0.4, -0.2) is 23.9 Å².